The highest BCUT2D eigenvalue weighted by Crippen LogP contribution is 2.24. The highest BCUT2D eigenvalue weighted by atomic mass is 35.5. The molecular weight excluding hydrogens is 415 g/mol. The van der Waals surface area contributed by atoms with Crippen molar-refractivity contribution in [2.75, 3.05) is 6.61 Å². The topological polar surface area (TPSA) is 64.1 Å². The number of hydrogen-bond donors (Lipinski definition) is 1. The van der Waals surface area contributed by atoms with Gasteiger partial charge >= 0.3 is 5.97 Å². The Balaban J connectivity index is 2.14. The minimum Gasteiger partial charge on any atom is -0.462 e. The number of halogens is 2. The Morgan fingerprint density at radius 2 is 2.19 bits per heavy atom. The molecule has 0 fully saturated rings. The zero-order chi connectivity index (χ0) is 18.8. The second-order valence-corrected chi connectivity index (χ2v) is 7.13. The van der Waals surface area contributed by atoms with Crippen LogP contribution in [0.15, 0.2) is 38.8 Å². The summed E-state index contributed by atoms with van der Waals surface area (Å²) < 4.78 is 6.48. The number of carbonyl (C=O) groups excluding carboxylic acids is 1. The molecule has 0 atom stereocenters. The van der Waals surface area contributed by atoms with Crippen LogP contribution in [0.25, 0.3) is 22.7 Å². The first-order valence-electron chi connectivity index (χ1n) is 7.48. The maximum absolute atomic E-state index is 12.8. The lowest BCUT2D eigenvalue weighted by molar-refractivity contribution is -0.137. The van der Waals surface area contributed by atoms with E-state index in [1.54, 1.807) is 30.5 Å². The largest absolute Gasteiger partial charge is 0.462 e. The number of nitrogens with zero attached hydrogens (tertiary/aromatic N) is 1. The minimum absolute atomic E-state index is 0.114. The van der Waals surface area contributed by atoms with Crippen LogP contribution in [-0.4, -0.2) is 22.1 Å². The van der Waals surface area contributed by atoms with Gasteiger partial charge in [-0.1, -0.05) is 23.2 Å². The molecular formula is C17H12Cl2N2O3S2. The molecule has 2 heterocycles. The molecule has 3 rings (SSSR count). The smallest absolute Gasteiger partial charge is 0.349 e. The van der Waals surface area contributed by atoms with E-state index in [-0.39, 0.29) is 22.0 Å². The molecule has 3 aromatic rings. The van der Waals surface area contributed by atoms with Gasteiger partial charge in [-0.3, -0.25) is 9.36 Å². The molecule has 0 aliphatic rings. The first-order valence-corrected chi connectivity index (χ1v) is 9.58. The molecule has 9 heteroatoms. The van der Waals surface area contributed by atoms with E-state index in [0.29, 0.717) is 27.2 Å². The molecule has 0 aliphatic carbocycles. The summed E-state index contributed by atoms with van der Waals surface area (Å²) in [5.74, 6) is -0.648. The van der Waals surface area contributed by atoms with Crippen molar-refractivity contribution in [2.45, 2.75) is 6.92 Å². The van der Waals surface area contributed by atoms with Gasteiger partial charge in [0.25, 0.3) is 5.56 Å². The summed E-state index contributed by atoms with van der Waals surface area (Å²) in [6.07, 6.45) is 1.40. The molecule has 1 aromatic carbocycles. The standard InChI is InChI=1S/C17H12Cl2N2O3S2/c1-2-24-16(23)13(19)6-9-5-10(3-4-12(9)18)21-15(22)11-7-26-8-14(11)20-17(21)25/h3-8H,2H2,1H3,(H,20,25)/b13-6-. The summed E-state index contributed by atoms with van der Waals surface area (Å²) in [5.41, 5.74) is 1.43. The number of hydrogen-bond acceptors (Lipinski definition) is 5. The average molecular weight is 427 g/mol. The second-order valence-electron chi connectivity index (χ2n) is 5.19. The van der Waals surface area contributed by atoms with Crippen LogP contribution in [0.5, 0.6) is 0 Å². The van der Waals surface area contributed by atoms with Crippen LogP contribution in [0, 0.1) is 4.77 Å². The Bertz CT molecular complexity index is 1140. The Morgan fingerprint density at radius 3 is 2.92 bits per heavy atom. The number of fused-ring (bicyclic) bond motifs is 1. The number of thiophene rings is 1. The maximum atomic E-state index is 12.8. The molecule has 0 saturated carbocycles. The van der Waals surface area contributed by atoms with E-state index in [0.717, 1.165) is 0 Å². The molecule has 0 bridgehead atoms. The van der Waals surface area contributed by atoms with E-state index in [9.17, 15) is 9.59 Å². The van der Waals surface area contributed by atoms with E-state index in [4.69, 9.17) is 40.2 Å². The molecule has 0 saturated heterocycles. The van der Waals surface area contributed by atoms with Crippen LogP contribution < -0.4 is 5.56 Å². The van der Waals surface area contributed by atoms with Crippen LogP contribution in [0.3, 0.4) is 0 Å². The van der Waals surface area contributed by atoms with E-state index in [1.165, 1.54) is 22.0 Å². The Kier molecular flexibility index (Phi) is 5.62. The van der Waals surface area contributed by atoms with Gasteiger partial charge in [-0.05, 0) is 49.0 Å². The molecule has 0 amide bonds. The molecule has 5 nitrogen and oxygen atoms in total. The number of esters is 1. The van der Waals surface area contributed by atoms with Crippen molar-refractivity contribution in [1.29, 1.82) is 0 Å². The van der Waals surface area contributed by atoms with Gasteiger partial charge in [0.15, 0.2) is 4.77 Å². The Labute approximate surface area is 167 Å². The fraction of sp³-hybridized carbons (Fsp3) is 0.118. The van der Waals surface area contributed by atoms with Crippen molar-refractivity contribution in [3.8, 4) is 5.69 Å². The third kappa shape index (κ3) is 3.61. The summed E-state index contributed by atoms with van der Waals surface area (Å²) in [4.78, 5) is 27.5. The van der Waals surface area contributed by atoms with Crippen LogP contribution in [0.2, 0.25) is 5.02 Å². The van der Waals surface area contributed by atoms with Crippen LogP contribution in [0.1, 0.15) is 12.5 Å². The molecule has 134 valence electrons. The highest BCUT2D eigenvalue weighted by Gasteiger charge is 2.12. The van der Waals surface area contributed by atoms with E-state index in [1.807, 2.05) is 5.38 Å². The number of carbonyl (C=O) groups is 1. The number of ether oxygens (including phenoxy) is 1. The Morgan fingerprint density at radius 1 is 1.42 bits per heavy atom. The van der Waals surface area contributed by atoms with Crippen LogP contribution >= 0.6 is 46.8 Å². The van der Waals surface area contributed by atoms with Gasteiger partial charge in [0.05, 0.1) is 23.2 Å². The van der Waals surface area contributed by atoms with Crippen molar-refractivity contribution in [3.63, 3.8) is 0 Å². The number of H-pyrrole nitrogens is 1. The van der Waals surface area contributed by atoms with Crippen molar-refractivity contribution in [1.82, 2.24) is 9.55 Å². The number of benzene rings is 1. The number of aromatic nitrogens is 2. The molecule has 26 heavy (non-hydrogen) atoms. The lowest BCUT2D eigenvalue weighted by atomic mass is 10.1. The summed E-state index contributed by atoms with van der Waals surface area (Å²) in [6, 6.07) is 4.91. The van der Waals surface area contributed by atoms with Gasteiger partial charge in [-0.2, -0.15) is 0 Å². The molecule has 2 aromatic heterocycles. The number of aromatic amines is 1. The predicted molar refractivity (Wildman–Crippen MR) is 108 cm³/mol. The quantitative estimate of drug-likeness (QED) is 0.365. The van der Waals surface area contributed by atoms with E-state index >= 15 is 0 Å². The van der Waals surface area contributed by atoms with Gasteiger partial charge in [-0.25, -0.2) is 4.79 Å². The third-order valence-electron chi connectivity index (χ3n) is 3.53. The first-order chi connectivity index (χ1) is 12.4. The van der Waals surface area contributed by atoms with Gasteiger partial charge in [0.1, 0.15) is 5.03 Å². The second kappa shape index (κ2) is 7.75. The lowest BCUT2D eigenvalue weighted by Crippen LogP contribution is -2.19. The summed E-state index contributed by atoms with van der Waals surface area (Å²) in [7, 11) is 0. The Hall–Kier alpha value is -1.93. The SMILES string of the molecule is CCOC(=O)/C(Cl)=C/c1cc(-n2c(=S)[nH]c3cscc3c2=O)ccc1Cl. The molecule has 0 radical (unpaired) electrons. The summed E-state index contributed by atoms with van der Waals surface area (Å²) >= 11 is 18.9. The lowest BCUT2D eigenvalue weighted by Gasteiger charge is -2.09. The fourth-order valence-corrected chi connectivity index (χ4v) is 3.75. The van der Waals surface area contributed by atoms with E-state index < -0.39 is 5.97 Å². The molecule has 0 aliphatic heterocycles. The van der Waals surface area contributed by atoms with Crippen LogP contribution in [-0.2, 0) is 9.53 Å². The minimum atomic E-state index is -0.648. The molecule has 0 unspecified atom stereocenters. The predicted octanol–water partition coefficient (Wildman–Crippen LogP) is 4.91. The van der Waals surface area contributed by atoms with Gasteiger partial charge in [-0.15, -0.1) is 11.3 Å². The van der Waals surface area contributed by atoms with Gasteiger partial charge in [0, 0.05) is 15.8 Å². The van der Waals surface area contributed by atoms with Crippen molar-refractivity contribution in [2.24, 2.45) is 0 Å². The van der Waals surface area contributed by atoms with Crippen LogP contribution in [0.4, 0.5) is 0 Å². The van der Waals surface area contributed by atoms with Gasteiger partial charge in [0.2, 0.25) is 0 Å². The van der Waals surface area contributed by atoms with Gasteiger partial charge < -0.3 is 9.72 Å². The van der Waals surface area contributed by atoms with Crippen molar-refractivity contribution in [3.05, 3.63) is 59.7 Å². The summed E-state index contributed by atoms with van der Waals surface area (Å²) in [5, 5.41) is 4.38. The monoisotopic (exact) mass is 426 g/mol. The maximum Gasteiger partial charge on any atom is 0.349 e. The molecule has 0 spiro atoms. The third-order valence-corrected chi connectivity index (χ3v) is 5.17. The van der Waals surface area contributed by atoms with Crippen molar-refractivity contribution >= 4 is 69.7 Å². The number of rotatable bonds is 4. The summed E-state index contributed by atoms with van der Waals surface area (Å²) in [6.45, 7) is 1.89. The molecule has 1 N–H and O–H groups in total. The average Bonchev–Trinajstić information content (AvgIpc) is 3.06. The fourth-order valence-electron chi connectivity index (χ4n) is 2.35. The zero-order valence-electron chi connectivity index (χ0n) is 13.4. The van der Waals surface area contributed by atoms with E-state index in [2.05, 4.69) is 4.98 Å². The normalized spacial score (nSPS) is 11.7. The van der Waals surface area contributed by atoms with Crippen molar-refractivity contribution < 1.29 is 9.53 Å². The first kappa shape index (κ1) is 18.8. The zero-order valence-corrected chi connectivity index (χ0v) is 16.6. The number of nitrogens with one attached hydrogen (secondary N) is 1. The highest BCUT2D eigenvalue weighted by molar-refractivity contribution is 7.71.